The highest BCUT2D eigenvalue weighted by Crippen LogP contribution is 2.17. The van der Waals surface area contributed by atoms with Crippen LogP contribution in [-0.4, -0.2) is 37.9 Å². The van der Waals surface area contributed by atoms with E-state index in [1.54, 1.807) is 0 Å². The Hall–Kier alpha value is -2.14. The summed E-state index contributed by atoms with van der Waals surface area (Å²) >= 11 is 0. The molecule has 0 aliphatic rings. The van der Waals surface area contributed by atoms with E-state index < -0.39 is 6.10 Å². The highest BCUT2D eigenvalue weighted by Gasteiger charge is 2.17. The van der Waals surface area contributed by atoms with Gasteiger partial charge in [0.05, 0.1) is 6.61 Å². The number of carbonyl (C=O) groups excluding carboxylic acids is 2. The summed E-state index contributed by atoms with van der Waals surface area (Å²) in [5, 5.41) is 0. The van der Waals surface area contributed by atoms with Crippen molar-refractivity contribution in [3.05, 3.63) is 48.6 Å². The highest BCUT2D eigenvalue weighted by molar-refractivity contribution is 5.70. The van der Waals surface area contributed by atoms with Crippen LogP contribution in [0.5, 0.6) is 0 Å². The first-order valence-electron chi connectivity index (χ1n) is 31.2. The van der Waals surface area contributed by atoms with Crippen LogP contribution in [0.15, 0.2) is 48.6 Å². The van der Waals surface area contributed by atoms with Crippen LogP contribution in [-0.2, 0) is 23.8 Å². The lowest BCUT2D eigenvalue weighted by atomic mass is 10.0. The number of allylic oxidation sites excluding steroid dienone is 8. The minimum absolute atomic E-state index is 0.0839. The Morgan fingerprint density at radius 2 is 0.600 bits per heavy atom. The Kier molecular flexibility index (Phi) is 59.3. The molecule has 0 saturated carbocycles. The number of hydrogen-bond acceptors (Lipinski definition) is 5. The van der Waals surface area contributed by atoms with Gasteiger partial charge in [-0.2, -0.15) is 0 Å². The lowest BCUT2D eigenvalue weighted by Crippen LogP contribution is -2.30. The fraction of sp³-hybridized carbons (Fsp3) is 0.846. The molecule has 0 aliphatic carbocycles. The molecule has 0 aromatic heterocycles. The molecular formula is C65H120O5. The summed E-state index contributed by atoms with van der Waals surface area (Å²) in [5.74, 6) is -0.390. The number of unbranched alkanes of at least 4 members (excludes halogenated alkanes) is 39. The Labute approximate surface area is 437 Å². The smallest absolute Gasteiger partial charge is 0.306 e. The van der Waals surface area contributed by atoms with Crippen molar-refractivity contribution < 1.29 is 23.8 Å². The van der Waals surface area contributed by atoms with Crippen molar-refractivity contribution in [3.63, 3.8) is 0 Å². The van der Waals surface area contributed by atoms with E-state index in [-0.39, 0.29) is 25.2 Å². The molecule has 0 aliphatic heterocycles. The molecule has 1 atom stereocenters. The Bertz CT molecular complexity index is 1150. The Balaban J connectivity index is 4.26. The third kappa shape index (κ3) is 58.4. The van der Waals surface area contributed by atoms with E-state index in [0.29, 0.717) is 19.4 Å². The van der Waals surface area contributed by atoms with Crippen molar-refractivity contribution in [1.29, 1.82) is 0 Å². The van der Waals surface area contributed by atoms with E-state index >= 15 is 0 Å². The summed E-state index contributed by atoms with van der Waals surface area (Å²) < 4.78 is 17.5. The maximum atomic E-state index is 12.9. The molecule has 70 heavy (non-hydrogen) atoms. The van der Waals surface area contributed by atoms with Crippen molar-refractivity contribution in [2.75, 3.05) is 19.8 Å². The van der Waals surface area contributed by atoms with Gasteiger partial charge in [0.1, 0.15) is 6.61 Å². The predicted octanol–water partition coefficient (Wildman–Crippen LogP) is 21.5. The van der Waals surface area contributed by atoms with Crippen LogP contribution in [0.25, 0.3) is 0 Å². The molecule has 0 aromatic rings. The fourth-order valence-electron chi connectivity index (χ4n) is 9.16. The minimum Gasteiger partial charge on any atom is -0.462 e. The van der Waals surface area contributed by atoms with E-state index in [0.717, 1.165) is 57.8 Å². The van der Waals surface area contributed by atoms with Crippen molar-refractivity contribution >= 4 is 11.9 Å². The second-order valence-corrected chi connectivity index (χ2v) is 21.0. The standard InChI is InChI=1S/C65H120O5/c1-4-7-10-13-16-19-22-25-28-31-33-35-37-40-43-46-49-52-55-58-64(66)69-62-63(61-68-60-57-54-51-48-45-42-39-36-32-29-26-23-20-17-14-11-8-5-2)70-65(67)59-56-53-50-47-44-41-38-34-30-27-24-21-18-15-12-9-6-3/h17-18,20-21,26-27,29-30,63H,4-16,19,22-25,28,31-62H2,1-3H3/b20-17-,21-18-,29-26-,30-27-. The topological polar surface area (TPSA) is 61.8 Å². The van der Waals surface area contributed by atoms with E-state index in [2.05, 4.69) is 69.4 Å². The zero-order chi connectivity index (χ0) is 50.6. The summed E-state index contributed by atoms with van der Waals surface area (Å²) in [5.41, 5.74) is 0. The molecule has 0 amide bonds. The zero-order valence-corrected chi connectivity index (χ0v) is 47.3. The first kappa shape index (κ1) is 67.9. The van der Waals surface area contributed by atoms with Gasteiger partial charge in [0.25, 0.3) is 0 Å². The van der Waals surface area contributed by atoms with Gasteiger partial charge in [-0.15, -0.1) is 0 Å². The molecule has 0 rings (SSSR count). The van der Waals surface area contributed by atoms with Gasteiger partial charge in [-0.25, -0.2) is 0 Å². The van der Waals surface area contributed by atoms with Gasteiger partial charge in [0.2, 0.25) is 0 Å². The molecule has 0 heterocycles. The highest BCUT2D eigenvalue weighted by atomic mass is 16.6. The van der Waals surface area contributed by atoms with E-state index in [9.17, 15) is 9.59 Å². The van der Waals surface area contributed by atoms with Crippen LogP contribution >= 0.6 is 0 Å². The second kappa shape index (κ2) is 61.2. The molecular weight excluding hydrogens is 861 g/mol. The van der Waals surface area contributed by atoms with Gasteiger partial charge >= 0.3 is 11.9 Å². The molecule has 0 fully saturated rings. The van der Waals surface area contributed by atoms with Crippen LogP contribution in [0.4, 0.5) is 0 Å². The molecule has 0 spiro atoms. The minimum atomic E-state index is -0.542. The van der Waals surface area contributed by atoms with Crippen molar-refractivity contribution in [2.24, 2.45) is 0 Å². The number of rotatable bonds is 58. The van der Waals surface area contributed by atoms with Crippen LogP contribution in [0.1, 0.15) is 329 Å². The predicted molar refractivity (Wildman–Crippen MR) is 307 cm³/mol. The number of esters is 2. The average molecular weight is 982 g/mol. The van der Waals surface area contributed by atoms with Gasteiger partial charge in [0, 0.05) is 19.4 Å². The van der Waals surface area contributed by atoms with Crippen LogP contribution in [0.3, 0.4) is 0 Å². The molecule has 410 valence electrons. The van der Waals surface area contributed by atoms with Gasteiger partial charge in [-0.05, 0) is 83.5 Å². The quantitative estimate of drug-likeness (QED) is 0.0345. The molecule has 0 radical (unpaired) electrons. The summed E-state index contributed by atoms with van der Waals surface area (Å²) in [6.07, 6.45) is 77.1. The first-order chi connectivity index (χ1) is 34.6. The third-order valence-electron chi connectivity index (χ3n) is 13.8. The zero-order valence-electron chi connectivity index (χ0n) is 47.3. The molecule has 0 aromatic carbocycles. The lowest BCUT2D eigenvalue weighted by molar-refractivity contribution is -0.163. The van der Waals surface area contributed by atoms with Crippen LogP contribution in [0.2, 0.25) is 0 Å². The lowest BCUT2D eigenvalue weighted by Gasteiger charge is -2.18. The first-order valence-corrected chi connectivity index (χ1v) is 31.2. The maximum absolute atomic E-state index is 12.9. The second-order valence-electron chi connectivity index (χ2n) is 21.0. The fourth-order valence-corrected chi connectivity index (χ4v) is 9.16. The van der Waals surface area contributed by atoms with E-state index in [1.807, 2.05) is 0 Å². The molecule has 5 nitrogen and oxygen atoms in total. The van der Waals surface area contributed by atoms with Crippen LogP contribution < -0.4 is 0 Å². The van der Waals surface area contributed by atoms with Gasteiger partial charge in [0.15, 0.2) is 6.10 Å². The number of ether oxygens (including phenoxy) is 3. The van der Waals surface area contributed by atoms with Crippen LogP contribution in [0, 0.1) is 0 Å². The number of carbonyl (C=O) groups is 2. The molecule has 0 bridgehead atoms. The molecule has 0 saturated heterocycles. The molecule has 5 heteroatoms. The normalized spacial score (nSPS) is 12.4. The Morgan fingerprint density at radius 3 is 0.971 bits per heavy atom. The SMILES string of the molecule is CCCCC/C=C\C/C=C\CCCCCCCCCCOCC(COC(=O)CCCCCCCCCCCCCCCCCCCCC)OC(=O)CCCCCCCCC/C=C\C/C=C\CCCCC. The monoisotopic (exact) mass is 981 g/mol. The summed E-state index contributed by atoms with van der Waals surface area (Å²) in [7, 11) is 0. The largest absolute Gasteiger partial charge is 0.462 e. The summed E-state index contributed by atoms with van der Waals surface area (Å²) in [4.78, 5) is 25.6. The van der Waals surface area contributed by atoms with Gasteiger partial charge < -0.3 is 14.2 Å². The van der Waals surface area contributed by atoms with E-state index in [4.69, 9.17) is 14.2 Å². The Morgan fingerprint density at radius 1 is 0.314 bits per heavy atom. The van der Waals surface area contributed by atoms with Crippen molar-refractivity contribution in [1.82, 2.24) is 0 Å². The van der Waals surface area contributed by atoms with Gasteiger partial charge in [-0.1, -0.05) is 281 Å². The summed E-state index contributed by atoms with van der Waals surface area (Å²) in [6, 6.07) is 0. The summed E-state index contributed by atoms with van der Waals surface area (Å²) in [6.45, 7) is 7.82. The maximum Gasteiger partial charge on any atom is 0.306 e. The third-order valence-corrected chi connectivity index (χ3v) is 13.8. The van der Waals surface area contributed by atoms with Crippen molar-refractivity contribution in [2.45, 2.75) is 335 Å². The van der Waals surface area contributed by atoms with Crippen molar-refractivity contribution in [3.8, 4) is 0 Å². The molecule has 1 unspecified atom stereocenters. The molecule has 0 N–H and O–H groups in total. The van der Waals surface area contributed by atoms with E-state index in [1.165, 1.54) is 238 Å². The average Bonchev–Trinajstić information content (AvgIpc) is 3.36. The van der Waals surface area contributed by atoms with Gasteiger partial charge in [-0.3, -0.25) is 9.59 Å². The number of hydrogen-bond donors (Lipinski definition) is 0.